The lowest BCUT2D eigenvalue weighted by molar-refractivity contribution is -0.143. The first kappa shape index (κ1) is 15.3. The monoisotopic (exact) mass is 269 g/mol. The van der Waals surface area contributed by atoms with Crippen molar-refractivity contribution in [3.63, 3.8) is 0 Å². The van der Waals surface area contributed by atoms with Crippen LogP contribution < -0.4 is 5.32 Å². The van der Waals surface area contributed by atoms with Gasteiger partial charge in [0.05, 0.1) is 25.4 Å². The van der Waals surface area contributed by atoms with Gasteiger partial charge < -0.3 is 14.8 Å². The summed E-state index contributed by atoms with van der Waals surface area (Å²) in [6, 6.07) is 0.700. The zero-order chi connectivity index (χ0) is 13.7. The fraction of sp³-hybridized carbons (Fsp3) is 1.00. The van der Waals surface area contributed by atoms with Crippen LogP contribution in [0.15, 0.2) is 0 Å². The molecule has 0 aliphatic heterocycles. The molecule has 3 nitrogen and oxygen atoms in total. The molecule has 0 aromatic heterocycles. The molecule has 2 saturated carbocycles. The Morgan fingerprint density at radius 1 is 1.21 bits per heavy atom. The minimum Gasteiger partial charge on any atom is -0.376 e. The van der Waals surface area contributed by atoms with Crippen LogP contribution in [0.2, 0.25) is 0 Å². The molecule has 0 aromatic rings. The van der Waals surface area contributed by atoms with Crippen LogP contribution in [0.25, 0.3) is 0 Å². The van der Waals surface area contributed by atoms with Crippen LogP contribution in [0.5, 0.6) is 0 Å². The molecule has 0 aromatic carbocycles. The van der Waals surface area contributed by atoms with E-state index in [0.717, 1.165) is 19.8 Å². The van der Waals surface area contributed by atoms with E-state index in [4.69, 9.17) is 9.47 Å². The molecule has 1 N–H and O–H groups in total. The quantitative estimate of drug-likeness (QED) is 0.687. The number of nitrogens with one attached hydrogen (secondary N) is 1. The maximum Gasteiger partial charge on any atom is 0.0704 e. The summed E-state index contributed by atoms with van der Waals surface area (Å²) in [6.45, 7) is 9.03. The van der Waals surface area contributed by atoms with E-state index < -0.39 is 0 Å². The fourth-order valence-electron chi connectivity index (χ4n) is 3.76. The molecule has 0 saturated heterocycles. The van der Waals surface area contributed by atoms with Crippen LogP contribution in [0.4, 0.5) is 0 Å². The molecule has 2 unspecified atom stereocenters. The second kappa shape index (κ2) is 7.05. The van der Waals surface area contributed by atoms with Gasteiger partial charge in [-0.2, -0.15) is 0 Å². The summed E-state index contributed by atoms with van der Waals surface area (Å²) in [5.41, 5.74) is 0.451. The van der Waals surface area contributed by atoms with Gasteiger partial charge in [0.1, 0.15) is 0 Å². The lowest BCUT2D eigenvalue weighted by atomic mass is 9.60. The van der Waals surface area contributed by atoms with E-state index in [0.29, 0.717) is 23.7 Å². The molecule has 2 atom stereocenters. The SMILES string of the molecule is CCCNC1CC(OCCOC(C)C)C12CCCC2. The molecular weight excluding hydrogens is 238 g/mol. The van der Waals surface area contributed by atoms with E-state index in [2.05, 4.69) is 26.1 Å². The lowest BCUT2D eigenvalue weighted by Gasteiger charge is -2.54. The molecule has 19 heavy (non-hydrogen) atoms. The molecule has 0 heterocycles. The highest BCUT2D eigenvalue weighted by atomic mass is 16.5. The fourth-order valence-corrected chi connectivity index (χ4v) is 3.76. The van der Waals surface area contributed by atoms with Crippen molar-refractivity contribution < 1.29 is 9.47 Å². The molecule has 0 radical (unpaired) electrons. The Kier molecular flexibility index (Phi) is 5.67. The normalized spacial score (nSPS) is 29.1. The van der Waals surface area contributed by atoms with Gasteiger partial charge in [0.2, 0.25) is 0 Å². The van der Waals surface area contributed by atoms with E-state index in [-0.39, 0.29) is 0 Å². The Morgan fingerprint density at radius 2 is 1.95 bits per heavy atom. The Balaban J connectivity index is 1.75. The van der Waals surface area contributed by atoms with Gasteiger partial charge >= 0.3 is 0 Å². The number of hydrogen-bond acceptors (Lipinski definition) is 3. The maximum absolute atomic E-state index is 6.11. The van der Waals surface area contributed by atoms with Crippen LogP contribution in [-0.2, 0) is 9.47 Å². The van der Waals surface area contributed by atoms with Crippen molar-refractivity contribution in [2.75, 3.05) is 19.8 Å². The minimum atomic E-state index is 0.310. The van der Waals surface area contributed by atoms with E-state index in [1.807, 2.05) is 0 Å². The first-order chi connectivity index (χ1) is 9.19. The molecule has 2 aliphatic rings. The number of rotatable bonds is 8. The second-order valence-electron chi connectivity index (χ2n) is 6.46. The topological polar surface area (TPSA) is 30.5 Å². The molecule has 1 spiro atoms. The van der Waals surface area contributed by atoms with E-state index >= 15 is 0 Å². The van der Waals surface area contributed by atoms with Crippen LogP contribution in [-0.4, -0.2) is 38.0 Å². The summed E-state index contributed by atoms with van der Waals surface area (Å²) in [7, 11) is 0. The molecule has 2 aliphatic carbocycles. The third-order valence-electron chi connectivity index (χ3n) is 4.81. The van der Waals surface area contributed by atoms with Crippen LogP contribution >= 0.6 is 0 Å². The number of hydrogen-bond donors (Lipinski definition) is 1. The van der Waals surface area contributed by atoms with Crippen molar-refractivity contribution in [2.24, 2.45) is 5.41 Å². The molecule has 3 heteroatoms. The van der Waals surface area contributed by atoms with E-state index in [1.54, 1.807) is 0 Å². The van der Waals surface area contributed by atoms with Crippen molar-refractivity contribution >= 4 is 0 Å². The maximum atomic E-state index is 6.11. The van der Waals surface area contributed by atoms with E-state index in [1.165, 1.54) is 38.5 Å². The number of ether oxygens (including phenoxy) is 2. The Morgan fingerprint density at radius 3 is 2.58 bits per heavy atom. The predicted molar refractivity (Wildman–Crippen MR) is 78.4 cm³/mol. The largest absolute Gasteiger partial charge is 0.376 e. The van der Waals surface area contributed by atoms with Crippen molar-refractivity contribution in [2.45, 2.75) is 77.5 Å². The second-order valence-corrected chi connectivity index (χ2v) is 6.46. The summed E-state index contributed by atoms with van der Waals surface area (Å²) in [6.07, 6.45) is 8.67. The molecule has 0 amide bonds. The first-order valence-corrected chi connectivity index (χ1v) is 8.15. The highest BCUT2D eigenvalue weighted by molar-refractivity contribution is 5.09. The van der Waals surface area contributed by atoms with Crippen LogP contribution in [0, 0.1) is 5.41 Å². The standard InChI is InChI=1S/C16H31NO2/c1-4-9-17-14-12-15(16(14)7-5-6-8-16)19-11-10-18-13(2)3/h13-15,17H,4-12H2,1-3H3. The lowest BCUT2D eigenvalue weighted by Crippen LogP contribution is -2.62. The summed E-state index contributed by atoms with van der Waals surface area (Å²) in [4.78, 5) is 0. The smallest absolute Gasteiger partial charge is 0.0704 e. The van der Waals surface area contributed by atoms with Crippen LogP contribution in [0.3, 0.4) is 0 Å². The van der Waals surface area contributed by atoms with Crippen molar-refractivity contribution in [3.8, 4) is 0 Å². The zero-order valence-corrected chi connectivity index (χ0v) is 12.9. The predicted octanol–water partition coefficient (Wildman–Crippen LogP) is 3.13. The Bertz CT molecular complexity index is 261. The van der Waals surface area contributed by atoms with E-state index in [9.17, 15) is 0 Å². The van der Waals surface area contributed by atoms with Gasteiger partial charge in [-0.1, -0.05) is 19.8 Å². The molecular formula is C16H31NO2. The van der Waals surface area contributed by atoms with Crippen molar-refractivity contribution in [3.05, 3.63) is 0 Å². The average Bonchev–Trinajstić information content (AvgIpc) is 2.88. The molecule has 0 bridgehead atoms. The zero-order valence-electron chi connectivity index (χ0n) is 12.9. The summed E-state index contributed by atoms with van der Waals surface area (Å²) >= 11 is 0. The van der Waals surface area contributed by atoms with Gasteiger partial charge in [-0.3, -0.25) is 0 Å². The third-order valence-corrected chi connectivity index (χ3v) is 4.81. The average molecular weight is 269 g/mol. The molecule has 2 rings (SSSR count). The first-order valence-electron chi connectivity index (χ1n) is 8.15. The van der Waals surface area contributed by atoms with Gasteiger partial charge in [-0.25, -0.2) is 0 Å². The highest BCUT2D eigenvalue weighted by Gasteiger charge is 2.56. The molecule has 2 fully saturated rings. The van der Waals surface area contributed by atoms with Crippen molar-refractivity contribution in [1.29, 1.82) is 0 Å². The highest BCUT2D eigenvalue weighted by Crippen LogP contribution is 2.54. The van der Waals surface area contributed by atoms with Crippen LogP contribution in [0.1, 0.15) is 59.3 Å². The van der Waals surface area contributed by atoms with Gasteiger partial charge in [-0.05, 0) is 46.1 Å². The minimum absolute atomic E-state index is 0.310. The summed E-state index contributed by atoms with van der Waals surface area (Å²) in [5.74, 6) is 0. The van der Waals surface area contributed by atoms with Gasteiger partial charge in [-0.15, -0.1) is 0 Å². The van der Waals surface area contributed by atoms with Gasteiger partial charge in [0.15, 0.2) is 0 Å². The summed E-state index contributed by atoms with van der Waals surface area (Å²) in [5, 5.41) is 3.73. The Labute approximate surface area is 118 Å². The Hall–Kier alpha value is -0.120. The van der Waals surface area contributed by atoms with Crippen molar-refractivity contribution in [1.82, 2.24) is 5.32 Å². The van der Waals surface area contributed by atoms with Gasteiger partial charge in [0, 0.05) is 11.5 Å². The third kappa shape index (κ3) is 3.50. The molecule has 112 valence electrons. The van der Waals surface area contributed by atoms with Gasteiger partial charge in [0.25, 0.3) is 0 Å². The summed E-state index contributed by atoms with van der Waals surface area (Å²) < 4.78 is 11.7.